The predicted molar refractivity (Wildman–Crippen MR) is 117 cm³/mol. The molecule has 2 heteroatoms. The van der Waals surface area contributed by atoms with Gasteiger partial charge in [0, 0.05) is 11.8 Å². The largest absolute Gasteiger partial charge is 0.289 e. The molecule has 3 rings (SSSR count). The first kappa shape index (κ1) is 19.0. The Labute approximate surface area is 163 Å². The lowest BCUT2D eigenvalue weighted by molar-refractivity contribution is -0.110. The second-order valence-electron chi connectivity index (χ2n) is 6.43. The van der Waals surface area contributed by atoms with Gasteiger partial charge in [-0.2, -0.15) is 0 Å². The first-order chi connectivity index (χ1) is 13.3. The SMILES string of the molecule is C=PC(=O)C/C=C/CC(c1ccccc1)(c1ccccc1)c1ccccc1. The van der Waals surface area contributed by atoms with Crippen molar-refractivity contribution in [3.05, 3.63) is 120 Å². The minimum absolute atomic E-state index is 0.135. The molecule has 1 nitrogen and oxygen atoms in total. The van der Waals surface area contributed by atoms with Crippen LogP contribution in [0.15, 0.2) is 103 Å². The average molecular weight is 370 g/mol. The van der Waals surface area contributed by atoms with Crippen LogP contribution in [-0.2, 0) is 10.2 Å². The monoisotopic (exact) mass is 370 g/mol. The van der Waals surface area contributed by atoms with E-state index < -0.39 is 0 Å². The molecule has 0 saturated carbocycles. The first-order valence-electron chi connectivity index (χ1n) is 9.08. The maximum Gasteiger partial charge on any atom is 0.184 e. The average Bonchev–Trinajstić information content (AvgIpc) is 2.75. The maximum absolute atomic E-state index is 11.6. The molecule has 0 unspecified atom stereocenters. The Bertz CT molecular complexity index is 802. The summed E-state index contributed by atoms with van der Waals surface area (Å²) in [7, 11) is 0.570. The van der Waals surface area contributed by atoms with Gasteiger partial charge in [-0.05, 0) is 31.3 Å². The number of benzene rings is 3. The summed E-state index contributed by atoms with van der Waals surface area (Å²) in [6.45, 7) is 0. The third-order valence-corrected chi connectivity index (χ3v) is 5.39. The number of hydrogen-bond acceptors (Lipinski definition) is 1. The highest BCUT2D eigenvalue weighted by Gasteiger charge is 2.34. The molecule has 3 aromatic rings. The first-order valence-corrected chi connectivity index (χ1v) is 10.2. The molecule has 0 saturated heterocycles. The molecular formula is C25H23OP. The van der Waals surface area contributed by atoms with E-state index in [9.17, 15) is 4.79 Å². The van der Waals surface area contributed by atoms with Crippen molar-refractivity contribution in [3.8, 4) is 0 Å². The van der Waals surface area contributed by atoms with E-state index in [0.29, 0.717) is 14.6 Å². The van der Waals surface area contributed by atoms with Gasteiger partial charge in [0.2, 0.25) is 0 Å². The molecule has 3 aromatic carbocycles. The van der Waals surface area contributed by atoms with Gasteiger partial charge in [0.25, 0.3) is 0 Å². The summed E-state index contributed by atoms with van der Waals surface area (Å²) in [6, 6.07) is 31.8. The lowest BCUT2D eigenvalue weighted by atomic mass is 9.67. The lowest BCUT2D eigenvalue weighted by Gasteiger charge is -2.35. The van der Waals surface area contributed by atoms with E-state index in [4.69, 9.17) is 0 Å². The van der Waals surface area contributed by atoms with E-state index in [2.05, 4.69) is 85.2 Å². The molecule has 0 heterocycles. The van der Waals surface area contributed by atoms with Crippen LogP contribution in [0.3, 0.4) is 0 Å². The van der Waals surface area contributed by atoms with Crippen molar-refractivity contribution in [1.82, 2.24) is 0 Å². The fourth-order valence-corrected chi connectivity index (χ4v) is 3.76. The maximum atomic E-state index is 11.6. The quantitative estimate of drug-likeness (QED) is 0.260. The summed E-state index contributed by atoms with van der Waals surface area (Å²) < 4.78 is 0. The molecule has 27 heavy (non-hydrogen) atoms. The third-order valence-electron chi connectivity index (χ3n) is 4.86. The van der Waals surface area contributed by atoms with Crippen LogP contribution >= 0.6 is 8.20 Å². The highest BCUT2D eigenvalue weighted by Crippen LogP contribution is 2.42. The van der Waals surface area contributed by atoms with Crippen LogP contribution < -0.4 is 0 Å². The number of carbonyl (C=O) groups excluding carboxylic acids is 1. The zero-order valence-electron chi connectivity index (χ0n) is 15.3. The van der Waals surface area contributed by atoms with E-state index in [1.807, 2.05) is 24.3 Å². The van der Waals surface area contributed by atoms with Crippen molar-refractivity contribution in [2.75, 3.05) is 0 Å². The van der Waals surface area contributed by atoms with Crippen molar-refractivity contribution in [2.45, 2.75) is 18.3 Å². The molecule has 0 bridgehead atoms. The Morgan fingerprint density at radius 1 is 0.741 bits per heavy atom. The van der Waals surface area contributed by atoms with Crippen LogP contribution in [0.4, 0.5) is 0 Å². The van der Waals surface area contributed by atoms with Gasteiger partial charge >= 0.3 is 0 Å². The van der Waals surface area contributed by atoms with Crippen molar-refractivity contribution < 1.29 is 4.79 Å². The van der Waals surface area contributed by atoms with E-state index in [1.54, 1.807) is 0 Å². The zero-order chi connectivity index (χ0) is 19.0. The highest BCUT2D eigenvalue weighted by atomic mass is 31.1. The van der Waals surface area contributed by atoms with Crippen molar-refractivity contribution in [3.63, 3.8) is 0 Å². The van der Waals surface area contributed by atoms with Gasteiger partial charge < -0.3 is 0 Å². The molecule has 0 atom stereocenters. The second kappa shape index (κ2) is 9.26. The summed E-state index contributed by atoms with van der Waals surface area (Å²) in [5, 5.41) is 0. The normalized spacial score (nSPS) is 11.7. The Morgan fingerprint density at radius 2 is 1.15 bits per heavy atom. The van der Waals surface area contributed by atoms with Gasteiger partial charge in [-0.15, -0.1) is 0 Å². The van der Waals surface area contributed by atoms with Gasteiger partial charge in [-0.25, -0.2) is 0 Å². The van der Waals surface area contributed by atoms with Gasteiger partial charge in [-0.1, -0.05) is 109 Å². The molecule has 134 valence electrons. The fraction of sp³-hybridized carbons (Fsp3) is 0.120. The molecule has 0 aliphatic heterocycles. The van der Waals surface area contributed by atoms with Gasteiger partial charge in [0.15, 0.2) is 5.52 Å². The van der Waals surface area contributed by atoms with Crippen molar-refractivity contribution in [1.29, 1.82) is 0 Å². The number of hydrogen-bond donors (Lipinski definition) is 0. The van der Waals surface area contributed by atoms with Crippen LogP contribution in [0.2, 0.25) is 0 Å². The Morgan fingerprint density at radius 3 is 1.52 bits per heavy atom. The van der Waals surface area contributed by atoms with E-state index in [0.717, 1.165) is 6.42 Å². The Hall–Kier alpha value is -2.76. The Balaban J connectivity index is 2.14. The van der Waals surface area contributed by atoms with E-state index in [1.165, 1.54) is 16.7 Å². The van der Waals surface area contributed by atoms with E-state index >= 15 is 0 Å². The summed E-state index contributed by atoms with van der Waals surface area (Å²) >= 11 is 0. The summed E-state index contributed by atoms with van der Waals surface area (Å²) in [5.74, 6) is 0. The second-order valence-corrected chi connectivity index (χ2v) is 7.25. The molecule has 0 fully saturated rings. The standard InChI is InChI=1S/C25H23OP/c1-27-24(26)19-11-12-20-25(21-13-5-2-6-14-21,22-15-7-3-8-16-22)23-17-9-4-10-18-23/h2-18H,1,19-20H2/b12-11+. The predicted octanol–water partition coefficient (Wildman–Crippen LogP) is 6.26. The highest BCUT2D eigenvalue weighted by molar-refractivity contribution is 7.56. The van der Waals surface area contributed by atoms with Gasteiger partial charge in [0.05, 0.1) is 0 Å². The third kappa shape index (κ3) is 4.32. The van der Waals surface area contributed by atoms with E-state index in [-0.39, 0.29) is 10.9 Å². The van der Waals surface area contributed by atoms with Crippen LogP contribution in [0, 0.1) is 0 Å². The number of allylic oxidation sites excluding steroid dienone is 2. The summed E-state index contributed by atoms with van der Waals surface area (Å²) in [6.07, 6.45) is 8.97. The van der Waals surface area contributed by atoms with Crippen LogP contribution in [-0.4, -0.2) is 11.8 Å². The molecule has 0 radical (unpaired) electrons. The van der Waals surface area contributed by atoms with Crippen LogP contribution in [0.1, 0.15) is 29.5 Å². The minimum Gasteiger partial charge on any atom is -0.289 e. The number of carbonyl (C=O) groups is 1. The molecule has 0 aliphatic rings. The van der Waals surface area contributed by atoms with Crippen molar-refractivity contribution in [2.24, 2.45) is 0 Å². The van der Waals surface area contributed by atoms with Crippen LogP contribution in [0.5, 0.6) is 0 Å². The molecule has 0 N–H and O–H groups in total. The Kier molecular flexibility index (Phi) is 6.52. The minimum atomic E-state index is -0.300. The number of rotatable bonds is 8. The molecule has 0 spiro atoms. The fourth-order valence-electron chi connectivity index (χ4n) is 3.53. The molecule has 0 amide bonds. The van der Waals surface area contributed by atoms with Crippen molar-refractivity contribution >= 4 is 20.0 Å². The molecule has 0 aromatic heterocycles. The molecule has 0 aliphatic carbocycles. The summed E-state index contributed by atoms with van der Waals surface area (Å²) in [4.78, 5) is 11.6. The van der Waals surface area contributed by atoms with Gasteiger partial charge in [0.1, 0.15) is 0 Å². The molecular weight excluding hydrogens is 347 g/mol. The van der Waals surface area contributed by atoms with Gasteiger partial charge in [-0.3, -0.25) is 4.79 Å². The van der Waals surface area contributed by atoms with Crippen LogP contribution in [0.25, 0.3) is 0 Å². The zero-order valence-corrected chi connectivity index (χ0v) is 16.2. The topological polar surface area (TPSA) is 17.1 Å². The lowest BCUT2D eigenvalue weighted by Crippen LogP contribution is -2.28. The smallest absolute Gasteiger partial charge is 0.184 e. The summed E-state index contributed by atoms with van der Waals surface area (Å²) in [5.41, 5.74) is 3.57.